The second kappa shape index (κ2) is 4.64. The molecule has 2 unspecified atom stereocenters. The van der Waals surface area contributed by atoms with Gasteiger partial charge in [0.2, 0.25) is 5.91 Å². The molecule has 0 spiro atoms. The first-order valence-electron chi connectivity index (χ1n) is 6.66. The maximum atomic E-state index is 12.4. The number of rotatable bonds is 2. The summed E-state index contributed by atoms with van der Waals surface area (Å²) >= 11 is 0. The van der Waals surface area contributed by atoms with E-state index < -0.39 is 0 Å². The summed E-state index contributed by atoms with van der Waals surface area (Å²) in [5.74, 6) is 0.0182. The van der Waals surface area contributed by atoms with Gasteiger partial charge in [-0.3, -0.25) is 14.2 Å². The van der Waals surface area contributed by atoms with E-state index in [0.717, 1.165) is 19.3 Å². The monoisotopic (exact) mass is 259 g/mol. The van der Waals surface area contributed by atoms with Crippen LogP contribution in [-0.2, 0) is 11.3 Å². The van der Waals surface area contributed by atoms with Crippen LogP contribution in [0.25, 0.3) is 0 Å². The Balaban J connectivity index is 1.79. The van der Waals surface area contributed by atoms with Gasteiger partial charge < -0.3 is 4.90 Å². The summed E-state index contributed by atoms with van der Waals surface area (Å²) in [6.45, 7) is 1.86. The van der Waals surface area contributed by atoms with E-state index in [1.165, 1.54) is 17.0 Å². The molecular formula is C14H17N3O2. The third-order valence-electron chi connectivity index (χ3n) is 3.92. The lowest BCUT2D eigenvalue weighted by Crippen LogP contribution is -2.44. The summed E-state index contributed by atoms with van der Waals surface area (Å²) in [7, 11) is 0. The number of fused-ring (bicyclic) bond motifs is 2. The molecule has 19 heavy (non-hydrogen) atoms. The summed E-state index contributed by atoms with van der Waals surface area (Å²) in [4.78, 5) is 30.2. The highest BCUT2D eigenvalue weighted by Gasteiger charge is 2.36. The van der Waals surface area contributed by atoms with Crippen LogP contribution in [0.4, 0.5) is 0 Å². The molecule has 0 radical (unpaired) electrons. The third kappa shape index (κ3) is 2.20. The lowest BCUT2D eigenvalue weighted by Gasteiger charge is -2.31. The zero-order chi connectivity index (χ0) is 13.4. The molecule has 1 fully saturated rings. The molecule has 3 rings (SSSR count). The van der Waals surface area contributed by atoms with Crippen molar-refractivity contribution >= 4 is 5.91 Å². The molecule has 0 N–H and O–H groups in total. The fraction of sp³-hybridized carbons (Fsp3) is 0.500. The van der Waals surface area contributed by atoms with Crippen LogP contribution >= 0.6 is 0 Å². The van der Waals surface area contributed by atoms with E-state index in [1.807, 2.05) is 4.90 Å². The van der Waals surface area contributed by atoms with Gasteiger partial charge >= 0.3 is 0 Å². The second-order valence-corrected chi connectivity index (χ2v) is 5.26. The molecule has 2 aliphatic rings. The van der Waals surface area contributed by atoms with E-state index in [2.05, 4.69) is 17.1 Å². The fourth-order valence-corrected chi connectivity index (χ4v) is 2.98. The molecule has 0 aliphatic carbocycles. The van der Waals surface area contributed by atoms with Crippen LogP contribution in [0.1, 0.15) is 25.0 Å². The average molecular weight is 259 g/mol. The topological polar surface area (TPSA) is 55.2 Å². The Morgan fingerprint density at radius 1 is 1.47 bits per heavy atom. The highest BCUT2D eigenvalue weighted by atomic mass is 16.2. The zero-order valence-electron chi connectivity index (χ0n) is 11.0. The number of carbonyl (C=O) groups is 1. The predicted molar refractivity (Wildman–Crippen MR) is 70.6 cm³/mol. The van der Waals surface area contributed by atoms with Gasteiger partial charge in [0.15, 0.2) is 0 Å². The molecule has 1 amide bonds. The van der Waals surface area contributed by atoms with Crippen LogP contribution in [-0.4, -0.2) is 32.4 Å². The van der Waals surface area contributed by atoms with Crippen molar-refractivity contribution in [3.63, 3.8) is 0 Å². The number of amides is 1. The lowest BCUT2D eigenvalue weighted by atomic mass is 10.1. The van der Waals surface area contributed by atoms with Crippen molar-refractivity contribution in [2.75, 3.05) is 0 Å². The minimum absolute atomic E-state index is 0.0182. The van der Waals surface area contributed by atoms with E-state index in [-0.39, 0.29) is 24.1 Å². The molecule has 5 nitrogen and oxygen atoms in total. The number of carbonyl (C=O) groups excluding carboxylic acids is 1. The first-order valence-corrected chi connectivity index (χ1v) is 6.66. The molecule has 0 aromatic carbocycles. The zero-order valence-corrected chi connectivity index (χ0v) is 11.0. The first-order chi connectivity index (χ1) is 9.15. The van der Waals surface area contributed by atoms with E-state index in [1.54, 1.807) is 6.92 Å². The van der Waals surface area contributed by atoms with Crippen molar-refractivity contribution in [2.45, 2.75) is 44.8 Å². The molecule has 1 aromatic rings. The number of nitrogens with zero attached hydrogens (tertiary/aromatic N) is 3. The predicted octanol–water partition coefficient (Wildman–Crippen LogP) is 0.871. The van der Waals surface area contributed by atoms with Crippen LogP contribution in [0.2, 0.25) is 0 Å². The molecule has 1 saturated heterocycles. The summed E-state index contributed by atoms with van der Waals surface area (Å²) in [6, 6.07) is 2.00. The van der Waals surface area contributed by atoms with E-state index >= 15 is 0 Å². The van der Waals surface area contributed by atoms with Crippen molar-refractivity contribution in [3.8, 4) is 0 Å². The third-order valence-corrected chi connectivity index (χ3v) is 3.92. The Morgan fingerprint density at radius 3 is 3.05 bits per heavy atom. The van der Waals surface area contributed by atoms with Gasteiger partial charge in [-0.25, -0.2) is 4.98 Å². The summed E-state index contributed by atoms with van der Waals surface area (Å²) in [5, 5.41) is 0. The number of aromatic nitrogens is 2. The molecule has 3 heterocycles. The quantitative estimate of drug-likeness (QED) is 0.741. The van der Waals surface area contributed by atoms with Gasteiger partial charge in [-0.2, -0.15) is 0 Å². The number of hydrogen-bond acceptors (Lipinski definition) is 3. The Hall–Kier alpha value is -1.91. The minimum atomic E-state index is -0.166. The SMILES string of the molecule is Cc1cc(=O)n(CC(=O)N2C3C=CCC2CC3)cn1. The van der Waals surface area contributed by atoms with Crippen LogP contribution in [0.5, 0.6) is 0 Å². The smallest absolute Gasteiger partial charge is 0.253 e. The first kappa shape index (κ1) is 12.1. The highest BCUT2D eigenvalue weighted by Crippen LogP contribution is 2.31. The van der Waals surface area contributed by atoms with E-state index in [4.69, 9.17) is 0 Å². The second-order valence-electron chi connectivity index (χ2n) is 5.26. The van der Waals surface area contributed by atoms with Gasteiger partial charge in [0.05, 0.1) is 12.4 Å². The van der Waals surface area contributed by atoms with Crippen molar-refractivity contribution in [2.24, 2.45) is 0 Å². The maximum absolute atomic E-state index is 12.4. The Bertz CT molecular complexity index is 591. The number of hydrogen-bond donors (Lipinski definition) is 0. The maximum Gasteiger partial charge on any atom is 0.253 e. The molecule has 2 bridgehead atoms. The lowest BCUT2D eigenvalue weighted by molar-refractivity contribution is -0.134. The number of aryl methyl sites for hydroxylation is 1. The summed E-state index contributed by atoms with van der Waals surface area (Å²) in [5.41, 5.74) is 0.510. The van der Waals surface area contributed by atoms with Gasteiger partial charge in [0.1, 0.15) is 6.54 Å². The van der Waals surface area contributed by atoms with E-state index in [0.29, 0.717) is 11.7 Å². The van der Waals surface area contributed by atoms with Gasteiger partial charge in [-0.1, -0.05) is 12.2 Å². The van der Waals surface area contributed by atoms with E-state index in [9.17, 15) is 9.59 Å². The van der Waals surface area contributed by atoms with Crippen LogP contribution < -0.4 is 5.56 Å². The molecule has 5 heteroatoms. The molecule has 100 valence electrons. The van der Waals surface area contributed by atoms with Gasteiger partial charge in [0, 0.05) is 17.8 Å². The van der Waals surface area contributed by atoms with Gasteiger partial charge in [0.25, 0.3) is 5.56 Å². The van der Waals surface area contributed by atoms with Crippen molar-refractivity contribution < 1.29 is 4.79 Å². The Morgan fingerprint density at radius 2 is 2.32 bits per heavy atom. The molecular weight excluding hydrogens is 242 g/mol. The largest absolute Gasteiger partial charge is 0.331 e. The summed E-state index contributed by atoms with van der Waals surface area (Å²) in [6.07, 6.45) is 8.75. The Kier molecular flexibility index (Phi) is 2.97. The molecule has 0 saturated carbocycles. The van der Waals surface area contributed by atoms with Crippen molar-refractivity contribution in [1.29, 1.82) is 0 Å². The fourth-order valence-electron chi connectivity index (χ4n) is 2.98. The average Bonchev–Trinajstić information content (AvgIpc) is 2.63. The molecule has 2 aliphatic heterocycles. The van der Waals surface area contributed by atoms with Gasteiger partial charge in [-0.15, -0.1) is 0 Å². The van der Waals surface area contributed by atoms with Crippen LogP contribution in [0.15, 0.2) is 29.3 Å². The van der Waals surface area contributed by atoms with Crippen molar-refractivity contribution in [1.82, 2.24) is 14.5 Å². The molecule has 2 atom stereocenters. The summed E-state index contributed by atoms with van der Waals surface area (Å²) < 4.78 is 1.38. The van der Waals surface area contributed by atoms with Crippen molar-refractivity contribution in [3.05, 3.63) is 40.6 Å². The minimum Gasteiger partial charge on any atom is -0.331 e. The normalized spacial score (nSPS) is 24.8. The van der Waals surface area contributed by atoms with Gasteiger partial charge in [-0.05, 0) is 26.2 Å². The standard InChI is InChI=1S/C14H17N3O2/c1-10-7-13(18)16(9-15-10)8-14(19)17-11-3-2-4-12(17)6-5-11/h2-3,7,9,11-12H,4-6,8H2,1H3. The van der Waals surface area contributed by atoms with Crippen LogP contribution in [0, 0.1) is 6.92 Å². The Labute approximate surface area is 111 Å². The van der Waals surface area contributed by atoms with Crippen LogP contribution in [0.3, 0.4) is 0 Å². The highest BCUT2D eigenvalue weighted by molar-refractivity contribution is 5.77. The molecule has 1 aromatic heterocycles.